The van der Waals surface area contributed by atoms with Crippen LogP contribution in [0.2, 0.25) is 0 Å². The molecule has 0 heterocycles. The van der Waals surface area contributed by atoms with Crippen molar-refractivity contribution in [1.82, 2.24) is 0 Å². The monoisotopic (exact) mass is 309 g/mol. The molecule has 0 aliphatic carbocycles. The van der Waals surface area contributed by atoms with E-state index in [1.54, 1.807) is 13.0 Å². The zero-order valence-corrected chi connectivity index (χ0v) is 12.0. The lowest BCUT2D eigenvalue weighted by Gasteiger charge is -2.06. The SMILES string of the molecule is CCOC(=O)Cc1cc(C#N)cc(CCCBr)c1. The summed E-state index contributed by atoms with van der Waals surface area (Å²) >= 11 is 3.38. The first-order chi connectivity index (χ1) is 8.69. The van der Waals surface area contributed by atoms with Gasteiger partial charge in [0, 0.05) is 5.33 Å². The molecule has 0 fully saturated rings. The molecule has 1 rings (SSSR count). The Morgan fingerprint density at radius 3 is 2.72 bits per heavy atom. The van der Waals surface area contributed by atoms with Gasteiger partial charge in [-0.2, -0.15) is 5.26 Å². The van der Waals surface area contributed by atoms with E-state index in [2.05, 4.69) is 22.0 Å². The number of ether oxygens (including phenoxy) is 1. The molecule has 0 aliphatic rings. The minimum absolute atomic E-state index is 0.227. The van der Waals surface area contributed by atoms with Crippen molar-refractivity contribution < 1.29 is 9.53 Å². The molecule has 0 amide bonds. The van der Waals surface area contributed by atoms with Crippen LogP contribution in [0.25, 0.3) is 0 Å². The summed E-state index contributed by atoms with van der Waals surface area (Å²) in [4.78, 5) is 11.4. The van der Waals surface area contributed by atoms with Gasteiger partial charge in [0.2, 0.25) is 0 Å². The van der Waals surface area contributed by atoms with Crippen molar-refractivity contribution in [3.05, 3.63) is 34.9 Å². The topological polar surface area (TPSA) is 50.1 Å². The van der Waals surface area contributed by atoms with E-state index in [0.717, 1.165) is 29.3 Å². The van der Waals surface area contributed by atoms with Gasteiger partial charge in [-0.1, -0.05) is 22.0 Å². The van der Waals surface area contributed by atoms with Gasteiger partial charge >= 0.3 is 5.97 Å². The number of hydrogen-bond acceptors (Lipinski definition) is 3. The molecule has 0 unspecified atom stereocenters. The lowest BCUT2D eigenvalue weighted by molar-refractivity contribution is -0.142. The molecule has 0 aromatic heterocycles. The largest absolute Gasteiger partial charge is 0.466 e. The van der Waals surface area contributed by atoms with Crippen molar-refractivity contribution in [2.45, 2.75) is 26.2 Å². The summed E-state index contributed by atoms with van der Waals surface area (Å²) in [6, 6.07) is 7.72. The Labute approximate surface area is 116 Å². The molecule has 0 saturated carbocycles. The number of hydrogen-bond donors (Lipinski definition) is 0. The Morgan fingerprint density at radius 2 is 2.11 bits per heavy atom. The molecule has 96 valence electrons. The Kier molecular flexibility index (Phi) is 6.45. The highest BCUT2D eigenvalue weighted by atomic mass is 79.9. The Balaban J connectivity index is 2.83. The normalized spacial score (nSPS) is 9.83. The molecule has 0 saturated heterocycles. The second kappa shape index (κ2) is 7.88. The van der Waals surface area contributed by atoms with Gasteiger partial charge in [-0.15, -0.1) is 0 Å². The van der Waals surface area contributed by atoms with Crippen molar-refractivity contribution in [3.8, 4) is 6.07 Å². The fourth-order valence-electron chi connectivity index (χ4n) is 1.72. The summed E-state index contributed by atoms with van der Waals surface area (Å²) in [7, 11) is 0. The molecule has 3 nitrogen and oxygen atoms in total. The second-order valence-corrected chi connectivity index (χ2v) is 4.72. The van der Waals surface area contributed by atoms with Crippen LogP contribution in [0.4, 0.5) is 0 Å². The van der Waals surface area contributed by atoms with Crippen LogP contribution in [-0.4, -0.2) is 17.9 Å². The highest BCUT2D eigenvalue weighted by molar-refractivity contribution is 9.09. The predicted octanol–water partition coefficient (Wildman–Crippen LogP) is 2.99. The summed E-state index contributed by atoms with van der Waals surface area (Å²) in [5.41, 5.74) is 2.53. The van der Waals surface area contributed by atoms with Gasteiger partial charge in [-0.05, 0) is 43.0 Å². The van der Waals surface area contributed by atoms with E-state index >= 15 is 0 Å². The third-order valence-corrected chi connectivity index (χ3v) is 3.00. The smallest absolute Gasteiger partial charge is 0.310 e. The van der Waals surface area contributed by atoms with E-state index in [-0.39, 0.29) is 12.4 Å². The fraction of sp³-hybridized carbons (Fsp3) is 0.429. The molecule has 0 N–H and O–H groups in total. The second-order valence-electron chi connectivity index (χ2n) is 3.92. The number of esters is 1. The number of alkyl halides is 1. The number of nitrogens with zero attached hydrogens (tertiary/aromatic N) is 1. The third kappa shape index (κ3) is 4.89. The van der Waals surface area contributed by atoms with Crippen molar-refractivity contribution in [3.63, 3.8) is 0 Å². The molecule has 0 atom stereocenters. The quantitative estimate of drug-likeness (QED) is 0.599. The number of halogens is 1. The first kappa shape index (κ1) is 14.7. The molecule has 0 aliphatic heterocycles. The molecule has 4 heteroatoms. The molecular weight excluding hydrogens is 294 g/mol. The first-order valence-corrected chi connectivity index (χ1v) is 7.06. The molecule has 18 heavy (non-hydrogen) atoms. The van der Waals surface area contributed by atoms with Crippen LogP contribution in [0.1, 0.15) is 30.0 Å². The predicted molar refractivity (Wildman–Crippen MR) is 73.6 cm³/mol. The van der Waals surface area contributed by atoms with Gasteiger partial charge in [-0.3, -0.25) is 4.79 Å². The van der Waals surface area contributed by atoms with Gasteiger partial charge < -0.3 is 4.74 Å². The summed E-state index contributed by atoms with van der Waals surface area (Å²) < 4.78 is 4.91. The van der Waals surface area contributed by atoms with Crippen LogP contribution in [-0.2, 0) is 22.4 Å². The highest BCUT2D eigenvalue weighted by Crippen LogP contribution is 2.13. The van der Waals surface area contributed by atoms with E-state index in [4.69, 9.17) is 10.00 Å². The maximum absolute atomic E-state index is 11.4. The van der Waals surface area contributed by atoms with E-state index in [1.807, 2.05) is 12.1 Å². The van der Waals surface area contributed by atoms with Crippen LogP contribution in [0.15, 0.2) is 18.2 Å². The van der Waals surface area contributed by atoms with Gasteiger partial charge in [0.05, 0.1) is 24.7 Å². The first-order valence-electron chi connectivity index (χ1n) is 5.94. The summed E-state index contributed by atoms with van der Waals surface area (Å²) in [5, 5.41) is 9.90. The minimum Gasteiger partial charge on any atom is -0.466 e. The van der Waals surface area contributed by atoms with Crippen LogP contribution in [0.5, 0.6) is 0 Å². The van der Waals surface area contributed by atoms with Crippen LogP contribution in [0, 0.1) is 11.3 Å². The number of aryl methyl sites for hydroxylation is 1. The summed E-state index contributed by atoms with van der Waals surface area (Å²) in [5.74, 6) is -0.251. The molecule has 1 aromatic rings. The molecule has 1 aromatic carbocycles. The van der Waals surface area contributed by atoms with E-state index in [1.165, 1.54) is 0 Å². The van der Waals surface area contributed by atoms with E-state index < -0.39 is 0 Å². The van der Waals surface area contributed by atoms with Crippen LogP contribution < -0.4 is 0 Å². The maximum atomic E-state index is 11.4. The van der Waals surface area contributed by atoms with Gasteiger partial charge in [0.15, 0.2) is 0 Å². The third-order valence-electron chi connectivity index (χ3n) is 2.43. The summed E-state index contributed by atoms with van der Waals surface area (Å²) in [6.07, 6.45) is 2.13. The molecule has 0 bridgehead atoms. The average Bonchev–Trinajstić information content (AvgIpc) is 2.36. The lowest BCUT2D eigenvalue weighted by atomic mass is 10.0. The van der Waals surface area contributed by atoms with Crippen molar-refractivity contribution in [2.24, 2.45) is 0 Å². The van der Waals surface area contributed by atoms with Gasteiger partial charge in [0.1, 0.15) is 0 Å². The fourth-order valence-corrected chi connectivity index (χ4v) is 2.00. The summed E-state index contributed by atoms with van der Waals surface area (Å²) in [6.45, 7) is 2.16. The lowest BCUT2D eigenvalue weighted by Crippen LogP contribution is -2.08. The number of rotatable bonds is 6. The maximum Gasteiger partial charge on any atom is 0.310 e. The molecular formula is C14H16BrNO2. The molecule has 0 radical (unpaired) electrons. The zero-order chi connectivity index (χ0) is 13.4. The number of benzene rings is 1. The van der Waals surface area contributed by atoms with Gasteiger partial charge in [0.25, 0.3) is 0 Å². The van der Waals surface area contributed by atoms with Crippen LogP contribution >= 0.6 is 15.9 Å². The molecule has 0 spiro atoms. The Bertz CT molecular complexity index is 452. The van der Waals surface area contributed by atoms with Gasteiger partial charge in [-0.25, -0.2) is 0 Å². The number of nitriles is 1. The average molecular weight is 310 g/mol. The Hall–Kier alpha value is -1.34. The standard InChI is InChI=1S/C14H16BrNO2/c1-2-18-14(17)9-12-6-11(4-3-5-15)7-13(8-12)10-16/h6-8H,2-5,9H2,1H3. The highest BCUT2D eigenvalue weighted by Gasteiger charge is 2.07. The van der Waals surface area contributed by atoms with Crippen molar-refractivity contribution in [2.75, 3.05) is 11.9 Å². The zero-order valence-electron chi connectivity index (χ0n) is 10.4. The van der Waals surface area contributed by atoms with E-state index in [0.29, 0.717) is 12.2 Å². The van der Waals surface area contributed by atoms with Crippen LogP contribution in [0.3, 0.4) is 0 Å². The van der Waals surface area contributed by atoms with E-state index in [9.17, 15) is 4.79 Å². The number of carbonyl (C=O) groups excluding carboxylic acids is 1. The number of carbonyl (C=O) groups is 1. The Morgan fingerprint density at radius 1 is 1.39 bits per heavy atom. The van der Waals surface area contributed by atoms with Crippen molar-refractivity contribution in [1.29, 1.82) is 5.26 Å². The minimum atomic E-state index is -0.251. The van der Waals surface area contributed by atoms with Crippen molar-refractivity contribution >= 4 is 21.9 Å².